The number of aromatic nitrogens is 4. The predicted molar refractivity (Wildman–Crippen MR) is 85.8 cm³/mol. The highest BCUT2D eigenvalue weighted by Crippen LogP contribution is 2.20. The number of hydrogen-bond donors (Lipinski definition) is 0. The van der Waals surface area contributed by atoms with Gasteiger partial charge in [-0.05, 0) is 19.1 Å². The van der Waals surface area contributed by atoms with E-state index in [0.717, 1.165) is 61.8 Å². The summed E-state index contributed by atoms with van der Waals surface area (Å²) in [7, 11) is 0. The second kappa shape index (κ2) is 7.71. The Labute approximate surface area is 134 Å². The van der Waals surface area contributed by atoms with Gasteiger partial charge < -0.3 is 9.30 Å². The van der Waals surface area contributed by atoms with Gasteiger partial charge in [-0.2, -0.15) is 0 Å². The molecule has 0 bridgehead atoms. The Bertz CT molecular complexity index is 583. The maximum absolute atomic E-state index is 5.39. The Morgan fingerprint density at radius 3 is 2.82 bits per heavy atom. The third kappa shape index (κ3) is 4.06. The van der Waals surface area contributed by atoms with Gasteiger partial charge in [0.1, 0.15) is 5.82 Å². The molecule has 0 saturated carbocycles. The Morgan fingerprint density at radius 1 is 1.18 bits per heavy atom. The van der Waals surface area contributed by atoms with Crippen LogP contribution >= 0.6 is 11.8 Å². The van der Waals surface area contributed by atoms with E-state index in [4.69, 9.17) is 4.74 Å². The van der Waals surface area contributed by atoms with Crippen LogP contribution in [0.2, 0.25) is 0 Å². The summed E-state index contributed by atoms with van der Waals surface area (Å²) >= 11 is 1.69. The molecule has 3 heterocycles. The first-order chi connectivity index (χ1) is 10.8. The number of nitrogens with zero attached hydrogens (tertiary/aromatic N) is 5. The van der Waals surface area contributed by atoms with E-state index >= 15 is 0 Å². The minimum atomic E-state index is 0.816. The van der Waals surface area contributed by atoms with Crippen molar-refractivity contribution in [2.24, 2.45) is 0 Å². The van der Waals surface area contributed by atoms with E-state index in [2.05, 4.69) is 24.6 Å². The summed E-state index contributed by atoms with van der Waals surface area (Å²) in [5.74, 6) is 1.79. The summed E-state index contributed by atoms with van der Waals surface area (Å²) in [5.41, 5.74) is 1.06. The number of morpholine rings is 1. The van der Waals surface area contributed by atoms with E-state index in [-0.39, 0.29) is 0 Å². The molecule has 1 aliphatic heterocycles. The summed E-state index contributed by atoms with van der Waals surface area (Å²) in [6, 6.07) is 5.98. The van der Waals surface area contributed by atoms with Crippen molar-refractivity contribution in [3.8, 4) is 0 Å². The van der Waals surface area contributed by atoms with Crippen LogP contribution in [0.25, 0.3) is 0 Å². The first-order valence-corrected chi connectivity index (χ1v) is 8.54. The maximum Gasteiger partial charge on any atom is 0.191 e. The molecule has 0 radical (unpaired) electrons. The van der Waals surface area contributed by atoms with Gasteiger partial charge in [0.15, 0.2) is 5.16 Å². The molecule has 0 N–H and O–H groups in total. The fourth-order valence-corrected chi connectivity index (χ4v) is 3.34. The van der Waals surface area contributed by atoms with E-state index in [0.29, 0.717) is 0 Å². The van der Waals surface area contributed by atoms with Crippen LogP contribution < -0.4 is 0 Å². The minimum Gasteiger partial charge on any atom is -0.379 e. The van der Waals surface area contributed by atoms with Crippen LogP contribution in [-0.2, 0) is 17.0 Å². The average Bonchev–Trinajstić information content (AvgIpc) is 2.93. The van der Waals surface area contributed by atoms with E-state index in [1.54, 1.807) is 11.8 Å². The van der Waals surface area contributed by atoms with Gasteiger partial charge in [0, 0.05) is 38.1 Å². The third-order valence-electron chi connectivity index (χ3n) is 3.72. The van der Waals surface area contributed by atoms with Gasteiger partial charge in [-0.3, -0.25) is 9.88 Å². The molecule has 0 spiro atoms. The zero-order valence-electron chi connectivity index (χ0n) is 12.8. The molecule has 0 unspecified atom stereocenters. The van der Waals surface area contributed by atoms with E-state index in [1.807, 2.05) is 31.3 Å². The highest BCUT2D eigenvalue weighted by atomic mass is 32.2. The fourth-order valence-electron chi connectivity index (χ4n) is 2.41. The van der Waals surface area contributed by atoms with Crippen molar-refractivity contribution < 1.29 is 4.74 Å². The van der Waals surface area contributed by atoms with Crippen LogP contribution in [0.5, 0.6) is 0 Å². The second-order valence-electron chi connectivity index (χ2n) is 5.25. The van der Waals surface area contributed by atoms with Crippen LogP contribution in [0, 0.1) is 6.92 Å². The molecule has 1 fully saturated rings. The second-order valence-corrected chi connectivity index (χ2v) is 6.19. The smallest absolute Gasteiger partial charge is 0.191 e. The first-order valence-electron chi connectivity index (χ1n) is 7.55. The normalized spacial score (nSPS) is 16.0. The van der Waals surface area contributed by atoms with Gasteiger partial charge in [-0.1, -0.05) is 17.8 Å². The lowest BCUT2D eigenvalue weighted by molar-refractivity contribution is 0.0360. The Kier molecular flexibility index (Phi) is 5.42. The number of ether oxygens (including phenoxy) is 1. The van der Waals surface area contributed by atoms with Crippen molar-refractivity contribution in [2.45, 2.75) is 24.4 Å². The molecule has 6 nitrogen and oxygen atoms in total. The number of pyridine rings is 1. The fraction of sp³-hybridized carbons (Fsp3) is 0.533. The number of aryl methyl sites for hydroxylation is 1. The van der Waals surface area contributed by atoms with Crippen LogP contribution in [0.4, 0.5) is 0 Å². The topological polar surface area (TPSA) is 56.1 Å². The maximum atomic E-state index is 5.39. The standard InChI is InChI=1S/C15H21N5OS/c1-13-17-18-15(22-12-14-4-2-3-5-16-14)20(13)7-6-19-8-10-21-11-9-19/h2-5H,6-12H2,1H3. The molecule has 1 saturated heterocycles. The van der Waals surface area contributed by atoms with Crippen molar-refractivity contribution in [3.63, 3.8) is 0 Å². The number of hydrogen-bond acceptors (Lipinski definition) is 6. The average molecular weight is 319 g/mol. The van der Waals surface area contributed by atoms with Gasteiger partial charge in [0.25, 0.3) is 0 Å². The number of thioether (sulfide) groups is 1. The van der Waals surface area contributed by atoms with Crippen LogP contribution in [0.3, 0.4) is 0 Å². The molecule has 0 atom stereocenters. The summed E-state index contributed by atoms with van der Waals surface area (Å²) in [6.07, 6.45) is 1.82. The predicted octanol–water partition coefficient (Wildman–Crippen LogP) is 1.61. The summed E-state index contributed by atoms with van der Waals surface area (Å²) in [4.78, 5) is 6.78. The largest absolute Gasteiger partial charge is 0.379 e. The molecule has 1 aliphatic rings. The lowest BCUT2D eigenvalue weighted by Gasteiger charge is -2.26. The molecular formula is C15H21N5OS. The van der Waals surface area contributed by atoms with Gasteiger partial charge in [-0.25, -0.2) is 0 Å². The summed E-state index contributed by atoms with van der Waals surface area (Å²) in [6.45, 7) is 7.64. The van der Waals surface area contributed by atoms with E-state index in [9.17, 15) is 0 Å². The zero-order chi connectivity index (χ0) is 15.2. The van der Waals surface area contributed by atoms with Gasteiger partial charge in [-0.15, -0.1) is 10.2 Å². The molecule has 7 heteroatoms. The van der Waals surface area contributed by atoms with E-state index < -0.39 is 0 Å². The highest BCUT2D eigenvalue weighted by molar-refractivity contribution is 7.98. The third-order valence-corrected chi connectivity index (χ3v) is 4.72. The van der Waals surface area contributed by atoms with Crippen molar-refractivity contribution in [1.29, 1.82) is 0 Å². The van der Waals surface area contributed by atoms with Crippen LogP contribution in [0.15, 0.2) is 29.6 Å². The Morgan fingerprint density at radius 2 is 2.05 bits per heavy atom. The lowest BCUT2D eigenvalue weighted by Crippen LogP contribution is -2.38. The molecule has 3 rings (SSSR count). The monoisotopic (exact) mass is 319 g/mol. The van der Waals surface area contributed by atoms with Gasteiger partial charge in [0.05, 0.1) is 18.9 Å². The molecule has 2 aromatic rings. The van der Waals surface area contributed by atoms with Crippen LogP contribution in [-0.4, -0.2) is 57.5 Å². The molecule has 0 aliphatic carbocycles. The van der Waals surface area contributed by atoms with Crippen molar-refractivity contribution >= 4 is 11.8 Å². The zero-order valence-corrected chi connectivity index (χ0v) is 13.6. The van der Waals surface area contributed by atoms with Crippen molar-refractivity contribution in [2.75, 3.05) is 32.8 Å². The summed E-state index contributed by atoms with van der Waals surface area (Å²) < 4.78 is 7.59. The quantitative estimate of drug-likeness (QED) is 0.754. The lowest BCUT2D eigenvalue weighted by atomic mass is 10.4. The van der Waals surface area contributed by atoms with E-state index in [1.165, 1.54) is 0 Å². The summed E-state index contributed by atoms with van der Waals surface area (Å²) in [5, 5.41) is 9.49. The molecular weight excluding hydrogens is 298 g/mol. The molecule has 22 heavy (non-hydrogen) atoms. The van der Waals surface area contributed by atoms with Crippen molar-refractivity contribution in [1.82, 2.24) is 24.6 Å². The highest BCUT2D eigenvalue weighted by Gasteiger charge is 2.14. The van der Waals surface area contributed by atoms with Crippen LogP contribution in [0.1, 0.15) is 11.5 Å². The number of rotatable bonds is 6. The minimum absolute atomic E-state index is 0.816. The molecule has 0 amide bonds. The first kappa shape index (κ1) is 15.5. The van der Waals surface area contributed by atoms with Gasteiger partial charge in [0.2, 0.25) is 0 Å². The molecule has 0 aromatic carbocycles. The Hall–Kier alpha value is -1.44. The molecule has 118 valence electrons. The molecule has 2 aromatic heterocycles. The van der Waals surface area contributed by atoms with Gasteiger partial charge >= 0.3 is 0 Å². The Balaban J connectivity index is 1.58. The van der Waals surface area contributed by atoms with Crippen molar-refractivity contribution in [3.05, 3.63) is 35.9 Å². The SMILES string of the molecule is Cc1nnc(SCc2ccccn2)n1CCN1CCOCC1.